The lowest BCUT2D eigenvalue weighted by molar-refractivity contribution is -0.385. The van der Waals surface area contributed by atoms with Gasteiger partial charge in [0.05, 0.1) is 11.0 Å². The summed E-state index contributed by atoms with van der Waals surface area (Å²) in [5, 5.41) is 13.8. The van der Waals surface area contributed by atoms with Crippen LogP contribution in [0.15, 0.2) is 42.5 Å². The summed E-state index contributed by atoms with van der Waals surface area (Å²) in [5.41, 5.74) is 1.80. The quantitative estimate of drug-likeness (QED) is 0.624. The number of benzene rings is 2. The molecule has 0 heterocycles. The van der Waals surface area contributed by atoms with Crippen molar-refractivity contribution in [1.29, 1.82) is 0 Å². The Labute approximate surface area is 152 Å². The molecule has 0 spiro atoms. The summed E-state index contributed by atoms with van der Waals surface area (Å²) in [6, 6.07) is 12.1. The second-order valence-corrected chi connectivity index (χ2v) is 6.57. The molecule has 136 valence electrons. The number of hydrogen-bond donors (Lipinski definition) is 1. The maximum absolute atomic E-state index is 12.4. The highest BCUT2D eigenvalue weighted by Crippen LogP contribution is 2.26. The van der Waals surface area contributed by atoms with Crippen LogP contribution in [-0.4, -0.2) is 16.9 Å². The Bertz CT molecular complexity index is 813. The van der Waals surface area contributed by atoms with E-state index in [2.05, 4.69) is 5.32 Å². The maximum atomic E-state index is 12.4. The Morgan fingerprint density at radius 3 is 2.65 bits per heavy atom. The number of nitrogens with zero attached hydrogens (tertiary/aromatic N) is 1. The standard InChI is InChI=1S/C20H22N2O4/c1-14-12-15(10-11-18(14)22(24)25)20(23)21-13-16-6-2-5-9-19(16)26-17-7-3-4-8-17/h2,5-6,9-12,17H,3-4,7-8,13H2,1H3,(H,21,23). The van der Waals surface area contributed by atoms with Gasteiger partial charge in [-0.1, -0.05) is 18.2 Å². The molecule has 0 unspecified atom stereocenters. The molecule has 6 heteroatoms. The highest BCUT2D eigenvalue weighted by molar-refractivity contribution is 5.94. The van der Waals surface area contributed by atoms with Crippen molar-refractivity contribution < 1.29 is 14.5 Å². The van der Waals surface area contributed by atoms with Gasteiger partial charge in [0.1, 0.15) is 5.75 Å². The van der Waals surface area contributed by atoms with Crippen molar-refractivity contribution in [3.63, 3.8) is 0 Å². The SMILES string of the molecule is Cc1cc(C(=O)NCc2ccccc2OC2CCCC2)ccc1[N+](=O)[O-]. The monoisotopic (exact) mass is 354 g/mol. The molecule has 6 nitrogen and oxygen atoms in total. The van der Waals surface area contributed by atoms with E-state index >= 15 is 0 Å². The van der Waals surface area contributed by atoms with Crippen LogP contribution in [0.1, 0.15) is 47.2 Å². The minimum atomic E-state index is -0.451. The minimum absolute atomic E-state index is 0.0110. The zero-order valence-electron chi connectivity index (χ0n) is 14.7. The van der Waals surface area contributed by atoms with E-state index in [1.807, 2.05) is 24.3 Å². The molecule has 1 aliphatic carbocycles. The van der Waals surface area contributed by atoms with Crippen LogP contribution in [0.2, 0.25) is 0 Å². The molecule has 26 heavy (non-hydrogen) atoms. The Balaban J connectivity index is 1.66. The van der Waals surface area contributed by atoms with E-state index < -0.39 is 4.92 Å². The van der Waals surface area contributed by atoms with Gasteiger partial charge in [-0.05, 0) is 50.8 Å². The third-order valence-electron chi connectivity index (χ3n) is 4.66. The normalized spacial score (nSPS) is 14.2. The third kappa shape index (κ3) is 4.20. The van der Waals surface area contributed by atoms with Crippen molar-refractivity contribution in [2.24, 2.45) is 0 Å². The Morgan fingerprint density at radius 2 is 1.96 bits per heavy atom. The Hall–Kier alpha value is -2.89. The summed E-state index contributed by atoms with van der Waals surface area (Å²) in [5.74, 6) is 0.540. The number of nitrogens with one attached hydrogen (secondary N) is 1. The van der Waals surface area contributed by atoms with Gasteiger partial charge in [0, 0.05) is 29.3 Å². The van der Waals surface area contributed by atoms with Crippen LogP contribution in [0, 0.1) is 17.0 Å². The molecule has 1 saturated carbocycles. The van der Waals surface area contributed by atoms with Crippen LogP contribution in [0.4, 0.5) is 5.69 Å². The summed E-state index contributed by atoms with van der Waals surface area (Å²) < 4.78 is 6.08. The molecule has 0 atom stereocenters. The highest BCUT2D eigenvalue weighted by Gasteiger charge is 2.18. The fraction of sp³-hybridized carbons (Fsp3) is 0.350. The van der Waals surface area contributed by atoms with E-state index in [1.54, 1.807) is 6.92 Å². The zero-order chi connectivity index (χ0) is 18.5. The first-order chi connectivity index (χ1) is 12.5. The van der Waals surface area contributed by atoms with E-state index in [0.29, 0.717) is 17.7 Å². The number of para-hydroxylation sites is 1. The number of nitro benzene ring substituents is 1. The van der Waals surface area contributed by atoms with Crippen LogP contribution in [0.3, 0.4) is 0 Å². The third-order valence-corrected chi connectivity index (χ3v) is 4.66. The number of amides is 1. The molecule has 1 aliphatic rings. The molecule has 1 amide bonds. The molecule has 1 fully saturated rings. The van der Waals surface area contributed by atoms with Gasteiger partial charge in [-0.2, -0.15) is 0 Å². The Kier molecular flexibility index (Phi) is 5.51. The second-order valence-electron chi connectivity index (χ2n) is 6.57. The van der Waals surface area contributed by atoms with Crippen LogP contribution < -0.4 is 10.1 Å². The molecular weight excluding hydrogens is 332 g/mol. The first-order valence-corrected chi connectivity index (χ1v) is 8.82. The largest absolute Gasteiger partial charge is 0.490 e. The lowest BCUT2D eigenvalue weighted by Crippen LogP contribution is -2.23. The van der Waals surface area contributed by atoms with Gasteiger partial charge < -0.3 is 10.1 Å². The average Bonchev–Trinajstić information content (AvgIpc) is 3.13. The summed E-state index contributed by atoms with van der Waals surface area (Å²) in [4.78, 5) is 22.8. The lowest BCUT2D eigenvalue weighted by atomic mass is 10.1. The molecule has 0 aromatic heterocycles. The number of carbonyl (C=O) groups is 1. The van der Waals surface area contributed by atoms with Gasteiger partial charge in [0.25, 0.3) is 11.6 Å². The number of rotatable bonds is 6. The number of aryl methyl sites for hydroxylation is 1. The second kappa shape index (κ2) is 7.99. The van der Waals surface area contributed by atoms with Gasteiger partial charge >= 0.3 is 0 Å². The van der Waals surface area contributed by atoms with E-state index in [9.17, 15) is 14.9 Å². The molecular formula is C20H22N2O4. The lowest BCUT2D eigenvalue weighted by Gasteiger charge is -2.17. The number of nitro groups is 1. The fourth-order valence-corrected chi connectivity index (χ4v) is 3.23. The molecule has 1 N–H and O–H groups in total. The van der Waals surface area contributed by atoms with E-state index in [0.717, 1.165) is 24.2 Å². The van der Waals surface area contributed by atoms with Gasteiger partial charge in [-0.3, -0.25) is 14.9 Å². The van der Waals surface area contributed by atoms with Crippen molar-refractivity contribution in [1.82, 2.24) is 5.32 Å². The van der Waals surface area contributed by atoms with Crippen molar-refractivity contribution in [2.75, 3.05) is 0 Å². The van der Waals surface area contributed by atoms with Gasteiger partial charge in [-0.15, -0.1) is 0 Å². The Morgan fingerprint density at radius 1 is 1.23 bits per heavy atom. The summed E-state index contributed by atoms with van der Waals surface area (Å²) >= 11 is 0. The van der Waals surface area contributed by atoms with Gasteiger partial charge in [0.2, 0.25) is 0 Å². The highest BCUT2D eigenvalue weighted by atomic mass is 16.6. The van der Waals surface area contributed by atoms with Crippen LogP contribution in [0.5, 0.6) is 5.75 Å². The average molecular weight is 354 g/mol. The molecule has 2 aromatic carbocycles. The molecule has 0 saturated heterocycles. The van der Waals surface area contributed by atoms with E-state index in [4.69, 9.17) is 4.74 Å². The van der Waals surface area contributed by atoms with Gasteiger partial charge in [0.15, 0.2) is 0 Å². The molecule has 0 bridgehead atoms. The van der Waals surface area contributed by atoms with Crippen LogP contribution >= 0.6 is 0 Å². The van der Waals surface area contributed by atoms with E-state index in [1.165, 1.54) is 31.0 Å². The fourth-order valence-electron chi connectivity index (χ4n) is 3.23. The predicted molar refractivity (Wildman–Crippen MR) is 98.3 cm³/mol. The first kappa shape index (κ1) is 17.9. The smallest absolute Gasteiger partial charge is 0.272 e. The molecule has 2 aromatic rings. The predicted octanol–water partition coefficient (Wildman–Crippen LogP) is 4.15. The van der Waals surface area contributed by atoms with Crippen molar-refractivity contribution >= 4 is 11.6 Å². The molecule has 0 aliphatic heterocycles. The summed E-state index contributed by atoms with van der Waals surface area (Å²) in [7, 11) is 0. The van der Waals surface area contributed by atoms with Crippen LogP contribution in [-0.2, 0) is 6.54 Å². The van der Waals surface area contributed by atoms with Crippen molar-refractivity contribution in [2.45, 2.75) is 45.3 Å². The summed E-state index contributed by atoms with van der Waals surface area (Å²) in [6.07, 6.45) is 4.79. The minimum Gasteiger partial charge on any atom is -0.490 e. The first-order valence-electron chi connectivity index (χ1n) is 8.82. The maximum Gasteiger partial charge on any atom is 0.272 e. The number of hydrogen-bond acceptors (Lipinski definition) is 4. The van der Waals surface area contributed by atoms with E-state index in [-0.39, 0.29) is 17.7 Å². The zero-order valence-corrected chi connectivity index (χ0v) is 14.7. The summed E-state index contributed by atoms with van der Waals surface area (Å²) in [6.45, 7) is 1.97. The van der Waals surface area contributed by atoms with Crippen molar-refractivity contribution in [3.05, 3.63) is 69.3 Å². The number of ether oxygens (including phenoxy) is 1. The topological polar surface area (TPSA) is 81.5 Å². The van der Waals surface area contributed by atoms with Crippen molar-refractivity contribution in [3.8, 4) is 5.75 Å². The number of carbonyl (C=O) groups excluding carboxylic acids is 1. The molecule has 3 rings (SSSR count). The molecule has 0 radical (unpaired) electrons. The van der Waals surface area contributed by atoms with Gasteiger partial charge in [-0.25, -0.2) is 0 Å². The van der Waals surface area contributed by atoms with Crippen LogP contribution in [0.25, 0.3) is 0 Å².